The van der Waals surface area contributed by atoms with E-state index in [1.54, 1.807) is 0 Å². The summed E-state index contributed by atoms with van der Waals surface area (Å²) < 4.78 is 4.87. The molecule has 0 fully saturated rings. The van der Waals surface area contributed by atoms with E-state index >= 15 is 0 Å². The maximum Gasteiger partial charge on any atom is 0.0619 e. The molecule has 0 aliphatic heterocycles. The Hall–Kier alpha value is -14.3. The minimum absolute atomic E-state index is 1.09. The lowest BCUT2D eigenvalue weighted by molar-refractivity contribution is 1.17. The first-order valence-electron chi connectivity index (χ1n) is 37.1. The van der Waals surface area contributed by atoms with Gasteiger partial charge in [-0.25, -0.2) is 0 Å². The third-order valence-electron chi connectivity index (χ3n) is 21.7. The average molecular weight is 1380 g/mol. The van der Waals surface area contributed by atoms with Crippen molar-refractivity contribution in [3.8, 4) is 55.9 Å². The molecule has 21 rings (SSSR count). The van der Waals surface area contributed by atoms with Crippen LogP contribution in [0.1, 0.15) is 0 Å². The van der Waals surface area contributed by atoms with Gasteiger partial charge in [0, 0.05) is 77.5 Å². The van der Waals surface area contributed by atoms with Gasteiger partial charge in [0.05, 0.1) is 27.8 Å². The zero-order valence-electron chi connectivity index (χ0n) is 59.2. The topological polar surface area (TPSA) is 16.3 Å². The van der Waals surface area contributed by atoms with Crippen LogP contribution in [0.25, 0.3) is 153 Å². The Morgan fingerprint density at radius 2 is 0.537 bits per heavy atom. The van der Waals surface area contributed by atoms with Crippen molar-refractivity contribution in [2.45, 2.75) is 0 Å². The molecule has 0 saturated carbocycles. The van der Waals surface area contributed by atoms with E-state index in [4.69, 9.17) is 0 Å². The predicted octanol–water partition coefficient (Wildman–Crippen LogP) is 28.9. The molecule has 0 radical (unpaired) electrons. The minimum atomic E-state index is 1.09. The molecule has 0 amide bonds. The molecule has 506 valence electrons. The Labute approximate surface area is 627 Å². The largest absolute Gasteiger partial charge is 0.310 e. The van der Waals surface area contributed by atoms with E-state index in [2.05, 4.69) is 444 Å². The summed E-state index contributed by atoms with van der Waals surface area (Å²) >= 11 is 0. The van der Waals surface area contributed by atoms with Crippen LogP contribution >= 0.6 is 0 Å². The van der Waals surface area contributed by atoms with Crippen LogP contribution in [-0.2, 0) is 0 Å². The Bertz CT molecular complexity index is 6960. The number of hydrogen-bond donors (Lipinski definition) is 0. The standard InChI is InChI=1S/C54H36N2.C50H34N2/c1-2-15-43(16-3-1)55(44-29-24-38(25-30-44)42-23-22-37-12-4-5-14-41(37)36-42)53-35-34-46(48-18-8-9-19-49(48)53)40-26-31-45(32-27-40)56-52-21-11-10-20-50(52)51-33-28-39-13-6-7-17-47(39)54(51)56;1-2-11-35(12-3-1)37-23-28-42(29-24-37)51(43-30-25-38(26-31-43)41-22-21-36-13-4-5-15-40(36)33-41)44-16-10-17-45(34-44)52-49-20-9-8-19-47(49)48-32-27-39-14-6-7-18-46(39)50(48)52/h1-36H;1-34H. The van der Waals surface area contributed by atoms with E-state index in [0.717, 1.165) is 45.5 Å². The second kappa shape index (κ2) is 27.1. The second-order valence-corrected chi connectivity index (χ2v) is 28.0. The molecule has 108 heavy (non-hydrogen) atoms. The van der Waals surface area contributed by atoms with Gasteiger partial charge in [-0.05, 0) is 191 Å². The van der Waals surface area contributed by atoms with Crippen LogP contribution < -0.4 is 9.80 Å². The number of para-hydroxylation sites is 3. The van der Waals surface area contributed by atoms with Crippen LogP contribution in [-0.4, -0.2) is 9.13 Å². The van der Waals surface area contributed by atoms with Crippen molar-refractivity contribution in [1.82, 2.24) is 9.13 Å². The molecule has 4 nitrogen and oxygen atoms in total. The van der Waals surface area contributed by atoms with E-state index in [9.17, 15) is 0 Å². The smallest absolute Gasteiger partial charge is 0.0619 e. The van der Waals surface area contributed by atoms with Gasteiger partial charge >= 0.3 is 0 Å². The van der Waals surface area contributed by atoms with Crippen LogP contribution in [0.15, 0.2) is 425 Å². The summed E-state index contributed by atoms with van der Waals surface area (Å²) in [7, 11) is 0. The molecule has 2 aromatic heterocycles. The van der Waals surface area contributed by atoms with Gasteiger partial charge in [-0.3, -0.25) is 0 Å². The molecule has 0 bridgehead atoms. The number of aromatic nitrogens is 2. The fraction of sp³-hybridized carbons (Fsp3) is 0. The predicted molar refractivity (Wildman–Crippen MR) is 460 cm³/mol. The van der Waals surface area contributed by atoms with Crippen LogP contribution in [0.4, 0.5) is 34.1 Å². The Kier molecular flexibility index (Phi) is 15.9. The molecule has 21 aromatic rings. The lowest BCUT2D eigenvalue weighted by atomic mass is 9.96. The first kappa shape index (κ1) is 63.4. The first-order valence-corrected chi connectivity index (χ1v) is 37.1. The molecule has 0 unspecified atom stereocenters. The highest BCUT2D eigenvalue weighted by Crippen LogP contribution is 2.46. The Balaban J connectivity index is 0.000000143. The summed E-state index contributed by atoms with van der Waals surface area (Å²) in [6.45, 7) is 0. The van der Waals surface area contributed by atoms with Gasteiger partial charge in [-0.2, -0.15) is 0 Å². The van der Waals surface area contributed by atoms with Gasteiger partial charge in [0.2, 0.25) is 0 Å². The maximum absolute atomic E-state index is 2.44. The molecule has 0 spiro atoms. The van der Waals surface area contributed by atoms with Crippen molar-refractivity contribution in [3.05, 3.63) is 425 Å². The summed E-state index contributed by atoms with van der Waals surface area (Å²) in [4.78, 5) is 4.75. The fourth-order valence-electron chi connectivity index (χ4n) is 16.5. The maximum atomic E-state index is 2.44. The van der Waals surface area contributed by atoms with Gasteiger partial charge in [-0.15, -0.1) is 0 Å². The third-order valence-corrected chi connectivity index (χ3v) is 21.7. The van der Waals surface area contributed by atoms with Gasteiger partial charge in [0.25, 0.3) is 0 Å². The summed E-state index contributed by atoms with van der Waals surface area (Å²) in [5, 5.41) is 17.5. The third kappa shape index (κ3) is 11.4. The SMILES string of the molecule is c1ccc(-c2ccc(N(c3ccc(-c4ccc5ccccc5c4)cc3)c3cccc(-n4c5ccccc5c5ccc6ccccc6c54)c3)cc2)cc1.c1ccc(N(c2ccc(-c3ccc4ccccc4c3)cc2)c2ccc(-c3ccc(-n4c5ccccc5c5ccc6ccccc6c54)cc3)c3ccccc23)cc1. The van der Waals surface area contributed by atoms with Crippen molar-refractivity contribution < 1.29 is 0 Å². The molecular weight excluding hydrogens is 1310 g/mol. The van der Waals surface area contributed by atoms with Gasteiger partial charge in [0.1, 0.15) is 0 Å². The number of nitrogens with zero attached hydrogens (tertiary/aromatic N) is 4. The summed E-state index contributed by atoms with van der Waals surface area (Å²) in [5.41, 5.74) is 23.5. The molecule has 4 heteroatoms. The number of benzene rings is 19. The summed E-state index contributed by atoms with van der Waals surface area (Å²) in [6.07, 6.45) is 0. The van der Waals surface area contributed by atoms with E-state index in [-0.39, 0.29) is 0 Å². The zero-order chi connectivity index (χ0) is 71.4. The van der Waals surface area contributed by atoms with E-state index in [1.807, 2.05) is 0 Å². The van der Waals surface area contributed by atoms with Crippen molar-refractivity contribution in [2.75, 3.05) is 9.80 Å². The molecule has 0 saturated heterocycles. The minimum Gasteiger partial charge on any atom is -0.310 e. The lowest BCUT2D eigenvalue weighted by Gasteiger charge is -2.27. The quantitative estimate of drug-likeness (QED) is 0.121. The van der Waals surface area contributed by atoms with Gasteiger partial charge in [0.15, 0.2) is 0 Å². The number of hydrogen-bond acceptors (Lipinski definition) is 2. The molecule has 0 atom stereocenters. The van der Waals surface area contributed by atoms with Crippen LogP contribution in [0.3, 0.4) is 0 Å². The normalized spacial score (nSPS) is 11.5. The molecular formula is C104H70N4. The number of anilines is 6. The van der Waals surface area contributed by atoms with Crippen molar-refractivity contribution in [3.63, 3.8) is 0 Å². The fourth-order valence-corrected chi connectivity index (χ4v) is 16.5. The van der Waals surface area contributed by atoms with Crippen LogP contribution in [0.2, 0.25) is 0 Å². The number of fused-ring (bicyclic) bond motifs is 13. The van der Waals surface area contributed by atoms with Crippen LogP contribution in [0.5, 0.6) is 0 Å². The van der Waals surface area contributed by atoms with Crippen molar-refractivity contribution >= 4 is 132 Å². The molecule has 0 aliphatic carbocycles. The lowest BCUT2D eigenvalue weighted by Crippen LogP contribution is -2.10. The molecule has 0 aliphatic rings. The van der Waals surface area contributed by atoms with Crippen LogP contribution in [0, 0.1) is 0 Å². The molecule has 2 heterocycles. The number of rotatable bonds is 12. The van der Waals surface area contributed by atoms with Gasteiger partial charge in [-0.1, -0.05) is 315 Å². The van der Waals surface area contributed by atoms with E-state index in [0.29, 0.717) is 0 Å². The van der Waals surface area contributed by atoms with Gasteiger partial charge < -0.3 is 18.9 Å². The van der Waals surface area contributed by atoms with Crippen molar-refractivity contribution in [2.24, 2.45) is 0 Å². The summed E-state index contributed by atoms with van der Waals surface area (Å²) in [5.74, 6) is 0. The Morgan fingerprint density at radius 1 is 0.167 bits per heavy atom. The Morgan fingerprint density at radius 3 is 1.07 bits per heavy atom. The highest BCUT2D eigenvalue weighted by molar-refractivity contribution is 6.20. The van der Waals surface area contributed by atoms with E-state index in [1.165, 1.54) is 142 Å². The summed E-state index contributed by atoms with van der Waals surface area (Å²) in [6, 6.07) is 154. The monoisotopic (exact) mass is 1370 g/mol. The average Bonchev–Trinajstić information content (AvgIpc) is 1.57. The molecule has 0 N–H and O–H groups in total. The second-order valence-electron chi connectivity index (χ2n) is 28.0. The first-order chi connectivity index (χ1) is 53.6. The highest BCUT2D eigenvalue weighted by Gasteiger charge is 2.22. The van der Waals surface area contributed by atoms with Crippen molar-refractivity contribution in [1.29, 1.82) is 0 Å². The van der Waals surface area contributed by atoms with E-state index < -0.39 is 0 Å². The molecule has 19 aromatic carbocycles. The zero-order valence-corrected chi connectivity index (χ0v) is 59.2. The highest BCUT2D eigenvalue weighted by atomic mass is 15.2.